The fourth-order valence-electron chi connectivity index (χ4n) is 3.96. The number of hydrogen-bond acceptors (Lipinski definition) is 6. The molecule has 6 nitrogen and oxygen atoms in total. The molecule has 1 aromatic carbocycles. The third-order valence-corrected chi connectivity index (χ3v) is 5.93. The zero-order valence-electron chi connectivity index (χ0n) is 18.3. The first-order valence-electron chi connectivity index (χ1n) is 10.9. The number of aromatic nitrogens is 2. The Kier molecular flexibility index (Phi) is 6.55. The molecule has 1 aromatic heterocycles. The summed E-state index contributed by atoms with van der Waals surface area (Å²) in [5.74, 6) is 3.66. The van der Waals surface area contributed by atoms with Crippen molar-refractivity contribution in [3.63, 3.8) is 0 Å². The van der Waals surface area contributed by atoms with E-state index < -0.39 is 0 Å². The topological polar surface area (TPSA) is 76.3 Å². The zero-order valence-corrected chi connectivity index (χ0v) is 18.3. The average molecular weight is 418 g/mol. The van der Waals surface area contributed by atoms with Gasteiger partial charge in [0.15, 0.2) is 0 Å². The fourth-order valence-corrected chi connectivity index (χ4v) is 3.96. The lowest BCUT2D eigenvalue weighted by Gasteiger charge is -2.20. The molecule has 2 atom stereocenters. The summed E-state index contributed by atoms with van der Waals surface area (Å²) in [6, 6.07) is 9.64. The Labute approximate surface area is 184 Å². The van der Waals surface area contributed by atoms with Gasteiger partial charge in [0.05, 0.1) is 7.11 Å². The van der Waals surface area contributed by atoms with E-state index in [1.165, 1.54) is 17.6 Å². The molecular formula is C25H31N5O. The maximum absolute atomic E-state index is 6.02. The smallest absolute Gasteiger partial charge is 0.227 e. The number of nitrogens with two attached hydrogens (primary N) is 1. The molecule has 162 valence electrons. The van der Waals surface area contributed by atoms with Crippen LogP contribution < -0.4 is 20.7 Å². The first kappa shape index (κ1) is 21.0. The summed E-state index contributed by atoms with van der Waals surface area (Å²) in [5, 5.41) is 3.32. The van der Waals surface area contributed by atoms with E-state index in [1.54, 1.807) is 19.5 Å². The molecule has 0 saturated heterocycles. The molecule has 6 heteroatoms. The van der Waals surface area contributed by atoms with Gasteiger partial charge >= 0.3 is 0 Å². The number of nitrogens with one attached hydrogen (secondary N) is 1. The van der Waals surface area contributed by atoms with Crippen LogP contribution >= 0.6 is 0 Å². The summed E-state index contributed by atoms with van der Waals surface area (Å²) in [6.07, 6.45) is 15.0. The fraction of sp³-hybridized carbons (Fsp3) is 0.360. The Morgan fingerprint density at radius 3 is 3.06 bits per heavy atom. The first-order chi connectivity index (χ1) is 15.2. The lowest BCUT2D eigenvalue weighted by atomic mass is 9.95. The van der Waals surface area contributed by atoms with Crippen LogP contribution in [0.25, 0.3) is 0 Å². The minimum atomic E-state index is 0.682. The van der Waals surface area contributed by atoms with Gasteiger partial charge in [0.1, 0.15) is 11.6 Å². The van der Waals surface area contributed by atoms with Crippen molar-refractivity contribution in [3.05, 3.63) is 72.1 Å². The highest BCUT2D eigenvalue weighted by Crippen LogP contribution is 2.44. The van der Waals surface area contributed by atoms with Gasteiger partial charge in [-0.05, 0) is 73.1 Å². The average Bonchev–Trinajstić information content (AvgIpc) is 3.51. The number of nitrogens with zero attached hydrogens (tertiary/aromatic N) is 3. The number of anilines is 3. The minimum absolute atomic E-state index is 0.682. The van der Waals surface area contributed by atoms with Gasteiger partial charge in [0, 0.05) is 31.5 Å². The summed E-state index contributed by atoms with van der Waals surface area (Å²) >= 11 is 0. The predicted octanol–water partition coefficient (Wildman–Crippen LogP) is 4.81. The van der Waals surface area contributed by atoms with Crippen molar-refractivity contribution in [2.24, 2.45) is 17.6 Å². The van der Waals surface area contributed by atoms with Gasteiger partial charge in [-0.2, -0.15) is 4.98 Å². The molecule has 2 aliphatic rings. The van der Waals surface area contributed by atoms with Crippen LogP contribution in [0.15, 0.2) is 72.1 Å². The highest BCUT2D eigenvalue weighted by molar-refractivity contribution is 5.59. The maximum Gasteiger partial charge on any atom is 0.227 e. The predicted molar refractivity (Wildman–Crippen MR) is 127 cm³/mol. The van der Waals surface area contributed by atoms with E-state index in [4.69, 9.17) is 10.5 Å². The van der Waals surface area contributed by atoms with Gasteiger partial charge in [-0.3, -0.25) is 0 Å². The van der Waals surface area contributed by atoms with Crippen molar-refractivity contribution in [2.45, 2.75) is 25.7 Å². The van der Waals surface area contributed by atoms with Crippen molar-refractivity contribution in [2.75, 3.05) is 30.9 Å². The van der Waals surface area contributed by atoms with Crippen LogP contribution in [0.2, 0.25) is 0 Å². The molecule has 3 N–H and O–H groups in total. The molecule has 4 rings (SSSR count). The summed E-state index contributed by atoms with van der Waals surface area (Å²) in [7, 11) is 3.68. The molecular weight excluding hydrogens is 386 g/mol. The van der Waals surface area contributed by atoms with E-state index in [0.29, 0.717) is 11.9 Å². The van der Waals surface area contributed by atoms with E-state index in [2.05, 4.69) is 38.4 Å². The molecule has 0 amide bonds. The number of methoxy groups -OCH3 is 1. The largest absolute Gasteiger partial charge is 0.497 e. The lowest BCUT2D eigenvalue weighted by molar-refractivity contribution is 0.415. The van der Waals surface area contributed by atoms with Gasteiger partial charge < -0.3 is 20.7 Å². The normalized spacial score (nSPS) is 22.9. The van der Waals surface area contributed by atoms with Crippen molar-refractivity contribution in [1.29, 1.82) is 0 Å². The first-order valence-corrected chi connectivity index (χ1v) is 10.9. The quantitative estimate of drug-likeness (QED) is 0.600. The van der Waals surface area contributed by atoms with Gasteiger partial charge in [0.2, 0.25) is 5.95 Å². The molecule has 2 aromatic rings. The summed E-state index contributed by atoms with van der Waals surface area (Å²) in [6.45, 7) is 0.799. The maximum atomic E-state index is 6.02. The summed E-state index contributed by atoms with van der Waals surface area (Å²) < 4.78 is 5.29. The Morgan fingerprint density at radius 2 is 2.23 bits per heavy atom. The Balaban J connectivity index is 1.38. The molecule has 0 aliphatic heterocycles. The number of hydrogen-bond donors (Lipinski definition) is 2. The van der Waals surface area contributed by atoms with Crippen LogP contribution in [0.3, 0.4) is 0 Å². The van der Waals surface area contributed by atoms with Gasteiger partial charge in [-0.1, -0.05) is 24.3 Å². The standard InChI is InChI=1S/C25H31N5O/c1-30(13-11-20(17-26)18-6-3-4-7-19-15-21(19)14-18)25-27-12-10-24(29-25)28-22-8-5-9-23(16-22)31-2/h4-5,7-10,12,14,16-17,19,21H,3,6,11,13,15,26H2,1-2H3,(H,27,28,29)/b7-4-,18-14+,20-17-. The highest BCUT2D eigenvalue weighted by Gasteiger charge is 2.33. The highest BCUT2D eigenvalue weighted by atomic mass is 16.5. The van der Waals surface area contributed by atoms with Crippen LogP contribution in [0.1, 0.15) is 25.7 Å². The van der Waals surface area contributed by atoms with Crippen molar-refractivity contribution in [1.82, 2.24) is 9.97 Å². The second kappa shape index (κ2) is 9.69. The number of rotatable bonds is 8. The van der Waals surface area contributed by atoms with E-state index in [1.807, 2.05) is 37.4 Å². The lowest BCUT2D eigenvalue weighted by Crippen LogP contribution is -2.22. The minimum Gasteiger partial charge on any atom is -0.497 e. The number of allylic oxidation sites excluding steroid dienone is 4. The number of ether oxygens (including phenoxy) is 1. The van der Waals surface area contributed by atoms with Crippen molar-refractivity contribution in [3.8, 4) is 5.75 Å². The van der Waals surface area contributed by atoms with Crippen LogP contribution in [0, 0.1) is 11.8 Å². The van der Waals surface area contributed by atoms with Gasteiger partial charge in [0.25, 0.3) is 0 Å². The SMILES string of the molecule is COc1cccc(Nc2ccnc(N(C)CCC(=C/N)/C3=C/C4CC4/C=C\CC3)n2)c1. The number of fused-ring (bicyclic) bond motifs is 1. The molecule has 1 heterocycles. The van der Waals surface area contributed by atoms with Crippen LogP contribution in [-0.4, -0.2) is 30.7 Å². The molecule has 2 unspecified atom stereocenters. The van der Waals surface area contributed by atoms with Crippen molar-refractivity contribution < 1.29 is 4.74 Å². The van der Waals surface area contributed by atoms with Gasteiger partial charge in [-0.15, -0.1) is 0 Å². The summed E-state index contributed by atoms with van der Waals surface area (Å²) in [5.41, 5.74) is 9.58. The van der Waals surface area contributed by atoms with E-state index in [0.717, 1.165) is 49.0 Å². The Hall–Kier alpha value is -3.28. The van der Waals surface area contributed by atoms with Crippen molar-refractivity contribution >= 4 is 17.5 Å². The van der Waals surface area contributed by atoms with Gasteiger partial charge in [-0.25, -0.2) is 4.98 Å². The Bertz CT molecular complexity index is 997. The van der Waals surface area contributed by atoms with E-state index >= 15 is 0 Å². The zero-order chi connectivity index (χ0) is 21.6. The second-order valence-electron chi connectivity index (χ2n) is 8.18. The Morgan fingerprint density at radius 1 is 1.32 bits per heavy atom. The molecule has 2 aliphatic carbocycles. The van der Waals surface area contributed by atoms with E-state index in [-0.39, 0.29) is 0 Å². The third kappa shape index (κ3) is 5.45. The summed E-state index contributed by atoms with van der Waals surface area (Å²) in [4.78, 5) is 11.2. The van der Waals surface area contributed by atoms with Crippen LogP contribution in [0.4, 0.5) is 17.5 Å². The number of benzene rings is 1. The molecule has 1 saturated carbocycles. The molecule has 0 radical (unpaired) electrons. The third-order valence-electron chi connectivity index (χ3n) is 5.93. The molecule has 0 spiro atoms. The second-order valence-corrected chi connectivity index (χ2v) is 8.18. The van der Waals surface area contributed by atoms with E-state index in [9.17, 15) is 0 Å². The molecule has 1 fully saturated rings. The van der Waals surface area contributed by atoms with Crippen LogP contribution in [0.5, 0.6) is 5.75 Å². The molecule has 0 bridgehead atoms. The van der Waals surface area contributed by atoms with Crippen LogP contribution in [-0.2, 0) is 0 Å². The monoisotopic (exact) mass is 417 g/mol. The molecule has 31 heavy (non-hydrogen) atoms.